The van der Waals surface area contributed by atoms with E-state index in [-0.39, 0.29) is 13.4 Å². The summed E-state index contributed by atoms with van der Waals surface area (Å²) in [6, 6.07) is 6.23. The van der Waals surface area contributed by atoms with Gasteiger partial charge in [0.05, 0.1) is 5.84 Å². The van der Waals surface area contributed by atoms with Gasteiger partial charge in [-0.05, 0) is 63.7 Å². The van der Waals surface area contributed by atoms with Gasteiger partial charge in [0.1, 0.15) is 11.4 Å². The predicted octanol–water partition coefficient (Wildman–Crippen LogP) is 10.6. The lowest BCUT2D eigenvalue weighted by Gasteiger charge is -2.31. The molecular weight excluding hydrogens is 454 g/mol. The average Bonchev–Trinajstić information content (AvgIpc) is 2.86. The molecule has 0 fully saturated rings. The fourth-order valence-corrected chi connectivity index (χ4v) is 4.06. The van der Waals surface area contributed by atoms with Crippen molar-refractivity contribution in [1.82, 2.24) is 0 Å². The molecule has 0 aromatic heterocycles. The van der Waals surface area contributed by atoms with Gasteiger partial charge in [-0.2, -0.15) is 0 Å². The first-order valence-electron chi connectivity index (χ1n) is 13.8. The Hall–Kier alpha value is -2.17. The van der Waals surface area contributed by atoms with Gasteiger partial charge in [-0.3, -0.25) is 4.99 Å². The number of allylic oxidation sites excluding steroid dienone is 1. The van der Waals surface area contributed by atoms with Gasteiger partial charge in [0.2, 0.25) is 6.43 Å². The lowest BCUT2D eigenvalue weighted by molar-refractivity contribution is 0.0594. The van der Waals surface area contributed by atoms with Crippen molar-refractivity contribution < 1.29 is 14.9 Å². The van der Waals surface area contributed by atoms with E-state index in [0.717, 1.165) is 60.5 Å². The molecule has 1 atom stereocenters. The van der Waals surface area contributed by atoms with Crippen molar-refractivity contribution in [3.63, 3.8) is 0 Å². The predicted molar refractivity (Wildman–Crippen MR) is 158 cm³/mol. The number of ether oxygens (including phenoxy) is 1. The number of hydrogen-bond acceptors (Lipinski definition) is 2. The van der Waals surface area contributed by atoms with Crippen LogP contribution in [0.5, 0.6) is 0 Å². The quantitative estimate of drug-likeness (QED) is 0.238. The van der Waals surface area contributed by atoms with Crippen LogP contribution in [-0.4, -0.2) is 24.9 Å². The van der Waals surface area contributed by atoms with Gasteiger partial charge in [-0.15, -0.1) is 0 Å². The van der Waals surface area contributed by atoms with E-state index in [9.17, 15) is 8.78 Å². The monoisotopic (exact) mass is 508 g/mol. The number of benzene rings is 1. The maximum atomic E-state index is 12.0. The van der Waals surface area contributed by atoms with Crippen LogP contribution in [0.1, 0.15) is 119 Å². The standard InChI is InChI=1S/C18H24N2O.C11H22F2.C2H6.H2/c1-6-14-9-10-15(12-16(14)20-13(2)19-5)17-8-7-11-18(3,4)21-17;1-3-5-7-10(6-4-2)8-9-11(12)13;1-2;/h6,8-10,12H,1,7,11H2,2-5H3,(H,19,20);10-11H,3-9H2,1-2H3;1-2H3;1H. The number of halogens is 2. The molecule has 1 heterocycles. The van der Waals surface area contributed by atoms with Gasteiger partial charge >= 0.3 is 0 Å². The van der Waals surface area contributed by atoms with Crippen LogP contribution in [0.15, 0.2) is 35.8 Å². The van der Waals surface area contributed by atoms with Crippen LogP contribution >= 0.6 is 0 Å². The smallest absolute Gasteiger partial charge is 0.238 e. The minimum atomic E-state index is -2.11. The fraction of sp³-hybridized carbons (Fsp3) is 0.645. The van der Waals surface area contributed by atoms with E-state index in [1.807, 2.05) is 26.8 Å². The topological polar surface area (TPSA) is 33.6 Å². The molecule has 3 nitrogen and oxygen atoms in total. The number of alkyl halides is 2. The molecule has 1 aliphatic rings. The molecule has 2 rings (SSSR count). The van der Waals surface area contributed by atoms with Crippen LogP contribution in [0.25, 0.3) is 11.8 Å². The SMILES string of the molecule is C=Cc1ccc(C2=CCCC(C)(C)O2)cc1NC(C)=NC.CC.CCCCC(CCC)CCC(F)F.[HH]. The van der Waals surface area contributed by atoms with E-state index in [1.165, 1.54) is 12.8 Å². The van der Waals surface area contributed by atoms with Crippen LogP contribution in [0.4, 0.5) is 14.5 Å². The molecule has 0 amide bonds. The molecule has 0 aliphatic carbocycles. The molecule has 1 aromatic carbocycles. The normalized spacial score (nSPS) is 15.4. The van der Waals surface area contributed by atoms with Gasteiger partial charge < -0.3 is 10.1 Å². The van der Waals surface area contributed by atoms with Gasteiger partial charge in [0.15, 0.2) is 0 Å². The third-order valence-electron chi connectivity index (χ3n) is 6.13. The molecule has 1 aliphatic heterocycles. The molecule has 1 N–H and O–H groups in total. The number of anilines is 1. The van der Waals surface area contributed by atoms with Crippen molar-refractivity contribution in [2.45, 2.75) is 118 Å². The van der Waals surface area contributed by atoms with Gasteiger partial charge in [0.25, 0.3) is 0 Å². The molecule has 0 radical (unpaired) electrons. The second-order valence-corrected chi connectivity index (χ2v) is 9.67. The summed E-state index contributed by atoms with van der Waals surface area (Å²) in [5.74, 6) is 2.36. The number of hydrogen-bond donors (Lipinski definition) is 1. The number of nitrogens with one attached hydrogen (secondary N) is 1. The molecule has 36 heavy (non-hydrogen) atoms. The van der Waals surface area contributed by atoms with Gasteiger partial charge in [-0.1, -0.05) is 84.6 Å². The first-order chi connectivity index (χ1) is 17.1. The van der Waals surface area contributed by atoms with Crippen LogP contribution in [0, 0.1) is 5.92 Å². The Morgan fingerprint density at radius 2 is 1.86 bits per heavy atom. The number of unbranched alkanes of at least 4 members (excludes halogenated alkanes) is 1. The summed E-state index contributed by atoms with van der Waals surface area (Å²) in [6.45, 7) is 18.3. The maximum absolute atomic E-state index is 12.0. The minimum Gasteiger partial charge on any atom is -0.488 e. The Kier molecular flexibility index (Phi) is 17.9. The lowest BCUT2D eigenvalue weighted by atomic mass is 9.92. The van der Waals surface area contributed by atoms with E-state index in [2.05, 4.69) is 68.9 Å². The van der Waals surface area contributed by atoms with E-state index in [4.69, 9.17) is 4.74 Å². The molecule has 0 saturated carbocycles. The van der Waals surface area contributed by atoms with Crippen LogP contribution in [0.3, 0.4) is 0 Å². The second kappa shape index (κ2) is 19.0. The highest BCUT2D eigenvalue weighted by Crippen LogP contribution is 2.33. The molecule has 0 saturated heterocycles. The summed E-state index contributed by atoms with van der Waals surface area (Å²) in [6.07, 6.45) is 10.5. The Labute approximate surface area is 222 Å². The van der Waals surface area contributed by atoms with Crippen molar-refractivity contribution in [3.8, 4) is 0 Å². The third kappa shape index (κ3) is 13.8. The van der Waals surface area contributed by atoms with E-state index in [0.29, 0.717) is 12.3 Å². The minimum absolute atomic E-state index is 0. The average molecular weight is 509 g/mol. The zero-order valence-corrected chi connectivity index (χ0v) is 24.2. The Bertz CT molecular complexity index is 806. The summed E-state index contributed by atoms with van der Waals surface area (Å²) < 4.78 is 30.0. The van der Waals surface area contributed by atoms with Gasteiger partial charge in [-0.25, -0.2) is 8.78 Å². The third-order valence-corrected chi connectivity index (χ3v) is 6.13. The fourth-order valence-electron chi connectivity index (χ4n) is 4.06. The van der Waals surface area contributed by atoms with E-state index in [1.54, 1.807) is 7.05 Å². The molecular formula is C31H54F2N2O. The molecule has 0 bridgehead atoms. The summed E-state index contributed by atoms with van der Waals surface area (Å²) in [5.41, 5.74) is 3.03. The summed E-state index contributed by atoms with van der Waals surface area (Å²) in [4.78, 5) is 4.15. The first-order valence-corrected chi connectivity index (χ1v) is 13.8. The van der Waals surface area contributed by atoms with Crippen molar-refractivity contribution in [2.24, 2.45) is 10.9 Å². The molecule has 1 unspecified atom stereocenters. The second-order valence-electron chi connectivity index (χ2n) is 9.67. The zero-order chi connectivity index (χ0) is 27.6. The Morgan fingerprint density at radius 3 is 2.39 bits per heavy atom. The van der Waals surface area contributed by atoms with Crippen molar-refractivity contribution in [3.05, 3.63) is 42.0 Å². The molecule has 208 valence electrons. The summed E-state index contributed by atoms with van der Waals surface area (Å²) in [5, 5.41) is 3.31. The number of rotatable bonds is 11. The summed E-state index contributed by atoms with van der Waals surface area (Å²) in [7, 11) is 1.77. The van der Waals surface area contributed by atoms with Crippen molar-refractivity contribution >= 4 is 23.4 Å². The highest BCUT2D eigenvalue weighted by molar-refractivity contribution is 5.95. The van der Waals surface area contributed by atoms with Gasteiger partial charge in [0, 0.05) is 26.1 Å². The molecule has 1 aromatic rings. The molecule has 0 spiro atoms. The van der Waals surface area contributed by atoms with Crippen LogP contribution in [-0.2, 0) is 4.74 Å². The number of amidine groups is 1. The van der Waals surface area contributed by atoms with Crippen LogP contribution < -0.4 is 5.32 Å². The Morgan fingerprint density at radius 1 is 1.17 bits per heavy atom. The largest absolute Gasteiger partial charge is 0.488 e. The highest BCUT2D eigenvalue weighted by Gasteiger charge is 2.24. The van der Waals surface area contributed by atoms with Crippen molar-refractivity contribution in [1.29, 1.82) is 0 Å². The van der Waals surface area contributed by atoms with Crippen molar-refractivity contribution in [2.75, 3.05) is 12.4 Å². The van der Waals surface area contributed by atoms with Crippen LogP contribution in [0.2, 0.25) is 0 Å². The zero-order valence-electron chi connectivity index (χ0n) is 24.2. The lowest BCUT2D eigenvalue weighted by Crippen LogP contribution is -2.26. The maximum Gasteiger partial charge on any atom is 0.238 e. The van der Waals surface area contributed by atoms with E-state index < -0.39 is 6.43 Å². The number of nitrogens with zero attached hydrogens (tertiary/aromatic N) is 1. The number of aliphatic imine (C=N–C) groups is 1. The highest BCUT2D eigenvalue weighted by atomic mass is 19.3. The molecule has 5 heteroatoms. The first kappa shape index (κ1) is 33.8. The van der Waals surface area contributed by atoms with E-state index >= 15 is 0 Å². The Balaban J connectivity index is 0. The summed E-state index contributed by atoms with van der Waals surface area (Å²) >= 11 is 0.